The summed E-state index contributed by atoms with van der Waals surface area (Å²) in [7, 11) is 2.16. The van der Waals surface area contributed by atoms with Crippen LogP contribution in [0.4, 0.5) is 0 Å². The molecule has 0 fully saturated rings. The largest absolute Gasteiger partial charge is 0.213 e. The molecule has 0 saturated heterocycles. The van der Waals surface area contributed by atoms with Gasteiger partial charge in [0, 0.05) is 23.1 Å². The molecule has 0 bridgehead atoms. The van der Waals surface area contributed by atoms with Gasteiger partial charge in [0.25, 0.3) is 0 Å². The van der Waals surface area contributed by atoms with Gasteiger partial charge in [-0.15, -0.1) is 0 Å². The lowest BCUT2D eigenvalue weighted by Gasteiger charge is -2.10. The van der Waals surface area contributed by atoms with Crippen LogP contribution >= 0.6 is 0 Å². The van der Waals surface area contributed by atoms with Gasteiger partial charge in [0.15, 0.2) is 0 Å². The van der Waals surface area contributed by atoms with E-state index in [9.17, 15) is 0 Å². The molecule has 0 amide bonds. The van der Waals surface area contributed by atoms with Crippen molar-refractivity contribution in [3.8, 4) is 11.3 Å². The molecule has 0 saturated carbocycles. The molecule has 3 rings (SSSR count). The Kier molecular flexibility index (Phi) is 3.29. The lowest BCUT2D eigenvalue weighted by Crippen LogP contribution is -2.32. The van der Waals surface area contributed by atoms with Crippen LogP contribution in [-0.4, -0.2) is 0 Å². The molecule has 0 aliphatic heterocycles. The van der Waals surface area contributed by atoms with E-state index < -0.39 is 0 Å². The van der Waals surface area contributed by atoms with Crippen molar-refractivity contribution in [2.45, 2.75) is 27.7 Å². The standard InChI is InChI=1S/C20H22N/c1-13-6-8-15(3)18(10-13)20-12-16(4)17-9-7-14(2)11-19(17)21(20)5/h6-12H,1-5H3/q+1. The number of benzene rings is 2. The number of pyridine rings is 1. The van der Waals surface area contributed by atoms with Gasteiger partial charge in [-0.3, -0.25) is 0 Å². The molecule has 0 radical (unpaired) electrons. The average Bonchev–Trinajstić information content (AvgIpc) is 2.45. The third kappa shape index (κ3) is 2.33. The van der Waals surface area contributed by atoms with Crippen LogP contribution in [-0.2, 0) is 7.05 Å². The third-order valence-corrected chi connectivity index (χ3v) is 4.32. The topological polar surface area (TPSA) is 3.88 Å². The van der Waals surface area contributed by atoms with E-state index in [2.05, 4.69) is 81.8 Å². The fourth-order valence-corrected chi connectivity index (χ4v) is 3.03. The highest BCUT2D eigenvalue weighted by molar-refractivity contribution is 5.82. The Morgan fingerprint density at radius 2 is 1.38 bits per heavy atom. The Bertz CT molecular complexity index is 844. The van der Waals surface area contributed by atoms with Crippen molar-refractivity contribution >= 4 is 10.9 Å². The number of aryl methyl sites for hydroxylation is 5. The van der Waals surface area contributed by atoms with Gasteiger partial charge in [-0.2, -0.15) is 4.57 Å². The number of rotatable bonds is 1. The zero-order valence-corrected chi connectivity index (χ0v) is 13.5. The van der Waals surface area contributed by atoms with Crippen molar-refractivity contribution in [1.82, 2.24) is 0 Å². The maximum atomic E-state index is 2.32. The molecule has 106 valence electrons. The number of hydrogen-bond donors (Lipinski definition) is 0. The van der Waals surface area contributed by atoms with Crippen molar-refractivity contribution in [3.05, 3.63) is 64.7 Å². The van der Waals surface area contributed by atoms with Crippen LogP contribution in [0.15, 0.2) is 42.5 Å². The van der Waals surface area contributed by atoms with Gasteiger partial charge in [-0.1, -0.05) is 23.8 Å². The predicted octanol–water partition coefficient (Wildman–Crippen LogP) is 4.56. The fraction of sp³-hybridized carbons (Fsp3) is 0.250. The Morgan fingerprint density at radius 3 is 2.14 bits per heavy atom. The first-order valence-electron chi connectivity index (χ1n) is 7.45. The average molecular weight is 276 g/mol. The van der Waals surface area contributed by atoms with Crippen LogP contribution in [0.25, 0.3) is 22.2 Å². The van der Waals surface area contributed by atoms with Crippen LogP contribution in [0.5, 0.6) is 0 Å². The lowest BCUT2D eigenvalue weighted by molar-refractivity contribution is -0.633. The molecule has 0 N–H and O–H groups in total. The van der Waals surface area contributed by atoms with Gasteiger partial charge in [0.1, 0.15) is 7.05 Å². The molecule has 21 heavy (non-hydrogen) atoms. The summed E-state index contributed by atoms with van der Waals surface area (Å²) >= 11 is 0. The monoisotopic (exact) mass is 276 g/mol. The molecule has 1 heterocycles. The third-order valence-electron chi connectivity index (χ3n) is 4.32. The van der Waals surface area contributed by atoms with E-state index in [0.717, 1.165) is 0 Å². The maximum Gasteiger partial charge on any atom is 0.213 e. The van der Waals surface area contributed by atoms with Crippen LogP contribution < -0.4 is 4.57 Å². The minimum Gasteiger partial charge on any atom is -0.194 e. The zero-order valence-electron chi connectivity index (χ0n) is 13.5. The highest BCUT2D eigenvalue weighted by Crippen LogP contribution is 2.26. The maximum absolute atomic E-state index is 2.32. The molecule has 1 heteroatoms. The smallest absolute Gasteiger partial charge is 0.194 e. The van der Waals surface area contributed by atoms with E-state index in [-0.39, 0.29) is 0 Å². The highest BCUT2D eigenvalue weighted by Gasteiger charge is 2.18. The minimum atomic E-state index is 1.28. The van der Waals surface area contributed by atoms with E-state index in [1.54, 1.807) is 0 Å². The van der Waals surface area contributed by atoms with E-state index >= 15 is 0 Å². The van der Waals surface area contributed by atoms with E-state index in [1.807, 2.05) is 0 Å². The van der Waals surface area contributed by atoms with E-state index in [1.165, 1.54) is 44.4 Å². The molecular weight excluding hydrogens is 254 g/mol. The molecule has 1 nitrogen and oxygen atoms in total. The summed E-state index contributed by atoms with van der Waals surface area (Å²) in [4.78, 5) is 0. The van der Waals surface area contributed by atoms with Crippen LogP contribution in [0.1, 0.15) is 22.3 Å². The molecule has 0 spiro atoms. The van der Waals surface area contributed by atoms with Gasteiger partial charge < -0.3 is 0 Å². The second-order valence-corrected chi connectivity index (χ2v) is 6.11. The molecule has 1 aromatic heterocycles. The second kappa shape index (κ2) is 5.00. The number of hydrogen-bond acceptors (Lipinski definition) is 0. The second-order valence-electron chi connectivity index (χ2n) is 6.11. The number of fused-ring (bicyclic) bond motifs is 1. The van der Waals surface area contributed by atoms with Gasteiger partial charge in [-0.05, 0) is 56.5 Å². The summed E-state index contributed by atoms with van der Waals surface area (Å²) in [5.74, 6) is 0. The molecule has 0 atom stereocenters. The van der Waals surface area contributed by atoms with Crippen molar-refractivity contribution in [2.75, 3.05) is 0 Å². The Morgan fingerprint density at radius 1 is 0.714 bits per heavy atom. The minimum absolute atomic E-state index is 1.28. The molecule has 0 unspecified atom stereocenters. The molecule has 0 aliphatic carbocycles. The molecule has 3 aromatic rings. The summed E-state index contributed by atoms with van der Waals surface area (Å²) in [6.07, 6.45) is 0. The van der Waals surface area contributed by atoms with E-state index in [4.69, 9.17) is 0 Å². The van der Waals surface area contributed by atoms with Crippen molar-refractivity contribution in [3.63, 3.8) is 0 Å². The Labute approximate surface area is 126 Å². The van der Waals surface area contributed by atoms with Gasteiger partial charge in [-0.25, -0.2) is 0 Å². The summed E-state index contributed by atoms with van der Waals surface area (Å²) < 4.78 is 2.32. The number of aromatic nitrogens is 1. The van der Waals surface area contributed by atoms with Gasteiger partial charge in [0.05, 0.1) is 0 Å². The van der Waals surface area contributed by atoms with Crippen molar-refractivity contribution < 1.29 is 4.57 Å². The van der Waals surface area contributed by atoms with Crippen LogP contribution in [0.3, 0.4) is 0 Å². The quantitative estimate of drug-likeness (QED) is 0.573. The first kappa shape index (κ1) is 13.8. The Balaban J connectivity index is 2.38. The first-order chi connectivity index (χ1) is 9.97. The molecule has 2 aromatic carbocycles. The number of nitrogens with zero attached hydrogens (tertiary/aromatic N) is 1. The lowest BCUT2D eigenvalue weighted by atomic mass is 9.98. The van der Waals surface area contributed by atoms with Crippen LogP contribution in [0.2, 0.25) is 0 Å². The Hall–Kier alpha value is -2.15. The normalized spacial score (nSPS) is 11.1. The first-order valence-corrected chi connectivity index (χ1v) is 7.45. The summed E-state index contributed by atoms with van der Waals surface area (Å²) in [6, 6.07) is 15.7. The summed E-state index contributed by atoms with van der Waals surface area (Å²) in [6.45, 7) is 8.69. The molecular formula is C20H22N+. The van der Waals surface area contributed by atoms with E-state index in [0.29, 0.717) is 0 Å². The SMILES string of the molecule is Cc1ccc(C)c(-c2cc(C)c3ccc(C)cc3[n+]2C)c1. The highest BCUT2D eigenvalue weighted by atomic mass is 14.9. The molecule has 0 aliphatic rings. The van der Waals surface area contributed by atoms with Gasteiger partial charge in [0.2, 0.25) is 11.2 Å². The van der Waals surface area contributed by atoms with Crippen molar-refractivity contribution in [1.29, 1.82) is 0 Å². The van der Waals surface area contributed by atoms with Gasteiger partial charge >= 0.3 is 0 Å². The zero-order chi connectivity index (χ0) is 15.1. The van der Waals surface area contributed by atoms with Crippen molar-refractivity contribution in [2.24, 2.45) is 7.05 Å². The summed E-state index contributed by atoms with van der Waals surface area (Å²) in [5, 5.41) is 1.33. The van der Waals surface area contributed by atoms with Crippen LogP contribution in [0, 0.1) is 27.7 Å². The summed E-state index contributed by atoms with van der Waals surface area (Å²) in [5.41, 5.74) is 9.16. The predicted molar refractivity (Wildman–Crippen MR) is 89.5 cm³/mol. The fourth-order valence-electron chi connectivity index (χ4n) is 3.03.